The molecule has 3 nitrogen and oxygen atoms in total. The van der Waals surface area contributed by atoms with Crippen molar-refractivity contribution in [3.63, 3.8) is 0 Å². The van der Waals surface area contributed by atoms with Crippen molar-refractivity contribution in [3.05, 3.63) is 54.1 Å². The first-order chi connectivity index (χ1) is 9.67. The number of hydrogen-bond donors (Lipinski definition) is 1. The van der Waals surface area contributed by atoms with E-state index in [4.69, 9.17) is 10.5 Å². The minimum atomic E-state index is -1.16. The molecule has 2 aromatic carbocycles. The molecule has 106 valence electrons. The van der Waals surface area contributed by atoms with Gasteiger partial charge in [-0.25, -0.2) is 0 Å². The van der Waals surface area contributed by atoms with Crippen molar-refractivity contribution in [1.29, 1.82) is 0 Å². The largest absolute Gasteiger partial charge is 0.497 e. The van der Waals surface area contributed by atoms with Crippen LogP contribution in [0, 0.1) is 0 Å². The molecule has 0 aromatic heterocycles. The number of rotatable bonds is 5. The van der Waals surface area contributed by atoms with Gasteiger partial charge in [-0.2, -0.15) is 0 Å². The van der Waals surface area contributed by atoms with Crippen LogP contribution in [0.5, 0.6) is 5.75 Å². The SMILES string of the molecule is CC[C@H](c1ccc(OC)cc1)[S@@](=O)c1ccccc1N. The quantitative estimate of drug-likeness (QED) is 0.857. The Hall–Kier alpha value is -1.81. The Morgan fingerprint density at radius 2 is 1.80 bits per heavy atom. The van der Waals surface area contributed by atoms with Gasteiger partial charge in [0.15, 0.2) is 0 Å². The molecule has 2 aromatic rings. The summed E-state index contributed by atoms with van der Waals surface area (Å²) in [6, 6.07) is 15.0. The normalized spacial score (nSPS) is 13.7. The third-order valence-corrected chi connectivity index (χ3v) is 5.18. The van der Waals surface area contributed by atoms with Gasteiger partial charge < -0.3 is 10.5 Å². The van der Waals surface area contributed by atoms with Gasteiger partial charge in [-0.15, -0.1) is 0 Å². The molecular weight excluding hydrogens is 270 g/mol. The number of nitrogen functional groups attached to an aromatic ring is 1. The van der Waals surface area contributed by atoms with Crippen molar-refractivity contribution in [2.75, 3.05) is 12.8 Å². The standard InChI is InChI=1S/C16H19NO2S/c1-3-15(12-8-10-13(19-2)11-9-12)20(18)16-7-5-4-6-14(16)17/h4-11,15H,3,17H2,1-2H3/t15-,20-/m1/s1. The molecule has 2 N–H and O–H groups in total. The summed E-state index contributed by atoms with van der Waals surface area (Å²) in [5, 5.41) is -0.0643. The summed E-state index contributed by atoms with van der Waals surface area (Å²) in [5.74, 6) is 0.800. The monoisotopic (exact) mass is 289 g/mol. The Kier molecular flexibility index (Phi) is 4.79. The molecule has 2 atom stereocenters. The Morgan fingerprint density at radius 3 is 2.35 bits per heavy atom. The molecular formula is C16H19NO2S. The molecule has 0 heterocycles. The highest BCUT2D eigenvalue weighted by Gasteiger charge is 2.20. The number of anilines is 1. The molecule has 20 heavy (non-hydrogen) atoms. The van der Waals surface area contributed by atoms with Crippen LogP contribution < -0.4 is 10.5 Å². The summed E-state index contributed by atoms with van der Waals surface area (Å²) in [7, 11) is 0.476. The molecule has 0 spiro atoms. The number of para-hydroxylation sites is 1. The molecule has 0 radical (unpaired) electrons. The highest BCUT2D eigenvalue weighted by Crippen LogP contribution is 2.31. The van der Waals surface area contributed by atoms with Crippen LogP contribution in [-0.2, 0) is 10.8 Å². The third-order valence-electron chi connectivity index (χ3n) is 3.25. The summed E-state index contributed by atoms with van der Waals surface area (Å²) in [6.45, 7) is 2.03. The molecule has 0 bridgehead atoms. The number of benzene rings is 2. The Balaban J connectivity index is 2.32. The van der Waals surface area contributed by atoms with Crippen LogP contribution in [0.4, 0.5) is 5.69 Å². The predicted molar refractivity (Wildman–Crippen MR) is 83.3 cm³/mol. The molecule has 2 rings (SSSR count). The van der Waals surface area contributed by atoms with Gasteiger partial charge in [0.25, 0.3) is 0 Å². The van der Waals surface area contributed by atoms with Gasteiger partial charge in [0, 0.05) is 5.69 Å². The minimum absolute atomic E-state index is 0.0643. The smallest absolute Gasteiger partial charge is 0.118 e. The summed E-state index contributed by atoms with van der Waals surface area (Å²) in [6.07, 6.45) is 0.785. The van der Waals surface area contributed by atoms with Gasteiger partial charge in [0.05, 0.1) is 28.1 Å². The van der Waals surface area contributed by atoms with Crippen molar-refractivity contribution in [1.82, 2.24) is 0 Å². The summed E-state index contributed by atoms with van der Waals surface area (Å²) < 4.78 is 17.9. The van der Waals surface area contributed by atoms with Gasteiger partial charge in [0.2, 0.25) is 0 Å². The maximum absolute atomic E-state index is 12.8. The summed E-state index contributed by atoms with van der Waals surface area (Å²) >= 11 is 0. The fourth-order valence-electron chi connectivity index (χ4n) is 2.15. The van der Waals surface area contributed by atoms with Crippen LogP contribution in [0.15, 0.2) is 53.4 Å². The fraction of sp³-hybridized carbons (Fsp3) is 0.250. The van der Waals surface area contributed by atoms with Crippen molar-refractivity contribution in [2.45, 2.75) is 23.5 Å². The number of methoxy groups -OCH3 is 1. The molecule has 0 aliphatic rings. The maximum atomic E-state index is 12.8. The van der Waals surface area contributed by atoms with E-state index in [9.17, 15) is 4.21 Å². The van der Waals surface area contributed by atoms with Crippen LogP contribution >= 0.6 is 0 Å². The molecule has 0 aliphatic heterocycles. The number of ether oxygens (including phenoxy) is 1. The Morgan fingerprint density at radius 1 is 1.15 bits per heavy atom. The second kappa shape index (κ2) is 6.57. The fourth-order valence-corrected chi connectivity index (χ4v) is 3.67. The first-order valence-corrected chi connectivity index (χ1v) is 7.77. The lowest BCUT2D eigenvalue weighted by atomic mass is 10.1. The van der Waals surface area contributed by atoms with E-state index in [0.29, 0.717) is 10.6 Å². The van der Waals surface area contributed by atoms with E-state index in [1.807, 2.05) is 49.4 Å². The molecule has 0 saturated heterocycles. The van der Waals surface area contributed by atoms with E-state index < -0.39 is 10.8 Å². The zero-order valence-corrected chi connectivity index (χ0v) is 12.5. The predicted octanol–water partition coefficient (Wildman–Crippen LogP) is 3.54. The van der Waals surface area contributed by atoms with Crippen molar-refractivity contribution in [3.8, 4) is 5.75 Å². The van der Waals surface area contributed by atoms with Gasteiger partial charge in [0.1, 0.15) is 5.75 Å². The first-order valence-electron chi connectivity index (χ1n) is 6.56. The van der Waals surface area contributed by atoms with Gasteiger partial charge >= 0.3 is 0 Å². The van der Waals surface area contributed by atoms with Crippen molar-refractivity contribution < 1.29 is 8.95 Å². The summed E-state index contributed by atoms with van der Waals surface area (Å²) in [5.41, 5.74) is 7.54. The molecule has 0 saturated carbocycles. The highest BCUT2D eigenvalue weighted by molar-refractivity contribution is 7.85. The van der Waals surface area contributed by atoms with Crippen LogP contribution in [0.3, 0.4) is 0 Å². The zero-order chi connectivity index (χ0) is 14.5. The molecule has 0 fully saturated rings. The van der Waals surface area contributed by atoms with Gasteiger partial charge in [-0.3, -0.25) is 4.21 Å². The van der Waals surface area contributed by atoms with Gasteiger partial charge in [-0.1, -0.05) is 31.2 Å². The van der Waals surface area contributed by atoms with Crippen LogP contribution in [-0.4, -0.2) is 11.3 Å². The van der Waals surface area contributed by atoms with E-state index in [2.05, 4.69) is 0 Å². The number of nitrogens with two attached hydrogens (primary N) is 1. The van der Waals surface area contributed by atoms with E-state index in [1.54, 1.807) is 13.2 Å². The molecule has 4 heteroatoms. The van der Waals surface area contributed by atoms with Crippen LogP contribution in [0.1, 0.15) is 24.2 Å². The topological polar surface area (TPSA) is 52.3 Å². The number of hydrogen-bond acceptors (Lipinski definition) is 3. The van der Waals surface area contributed by atoms with Crippen molar-refractivity contribution in [2.24, 2.45) is 0 Å². The van der Waals surface area contributed by atoms with E-state index in [0.717, 1.165) is 17.7 Å². The molecule has 0 unspecified atom stereocenters. The molecule has 0 amide bonds. The van der Waals surface area contributed by atoms with E-state index in [-0.39, 0.29) is 5.25 Å². The maximum Gasteiger partial charge on any atom is 0.118 e. The second-order valence-electron chi connectivity index (χ2n) is 4.51. The summed E-state index contributed by atoms with van der Waals surface area (Å²) in [4.78, 5) is 0.704. The Labute approximate surface area is 122 Å². The lowest BCUT2D eigenvalue weighted by Gasteiger charge is -2.16. The lowest BCUT2D eigenvalue weighted by molar-refractivity contribution is 0.414. The first kappa shape index (κ1) is 14.6. The van der Waals surface area contributed by atoms with Crippen molar-refractivity contribution >= 4 is 16.5 Å². The van der Waals surface area contributed by atoms with E-state index in [1.165, 1.54) is 0 Å². The average molecular weight is 289 g/mol. The Bertz CT molecular complexity index is 596. The minimum Gasteiger partial charge on any atom is -0.497 e. The molecule has 0 aliphatic carbocycles. The lowest BCUT2D eigenvalue weighted by Crippen LogP contribution is -2.08. The second-order valence-corrected chi connectivity index (χ2v) is 6.11. The van der Waals surface area contributed by atoms with Gasteiger partial charge in [-0.05, 0) is 36.2 Å². The highest BCUT2D eigenvalue weighted by atomic mass is 32.2. The third kappa shape index (κ3) is 3.02. The van der Waals surface area contributed by atoms with Crippen LogP contribution in [0.25, 0.3) is 0 Å². The zero-order valence-electron chi connectivity index (χ0n) is 11.7. The van der Waals surface area contributed by atoms with E-state index >= 15 is 0 Å². The average Bonchev–Trinajstić information content (AvgIpc) is 2.49. The van der Waals surface area contributed by atoms with Crippen LogP contribution in [0.2, 0.25) is 0 Å².